The number of rotatable bonds is 52. The highest BCUT2D eigenvalue weighted by Gasteiger charge is 2.26. The fourth-order valence-electron chi connectivity index (χ4n) is 7.70. The van der Waals surface area contributed by atoms with Crippen LogP contribution >= 0.6 is 7.82 Å². The minimum atomic E-state index is -4.70. The Morgan fingerprint density at radius 1 is 0.443 bits per heavy atom. The Labute approximate surface area is 420 Å². The molecule has 0 saturated heterocycles. The maximum atomic E-state index is 12.8. The molecule has 0 aromatic carbocycles. The van der Waals surface area contributed by atoms with Gasteiger partial charge < -0.3 is 39.4 Å². The molecule has 0 aromatic heterocycles. The van der Waals surface area contributed by atoms with Gasteiger partial charge in [0.15, 0.2) is 6.10 Å². The Morgan fingerprint density at radius 2 is 0.800 bits per heavy atom. The number of amides is 1. The van der Waals surface area contributed by atoms with Gasteiger partial charge in [0.05, 0.1) is 13.2 Å². The van der Waals surface area contributed by atoms with Crippen LogP contribution in [0.1, 0.15) is 258 Å². The first-order chi connectivity index (χ1) is 33.8. The van der Waals surface area contributed by atoms with E-state index in [0.29, 0.717) is 12.8 Å². The molecule has 410 valence electrons. The van der Waals surface area contributed by atoms with Gasteiger partial charge in [0, 0.05) is 45.1 Å². The summed E-state index contributed by atoms with van der Waals surface area (Å²) in [4.78, 5) is 81.9. The minimum Gasteiger partial charge on any atom is -0.481 e. The van der Waals surface area contributed by atoms with E-state index in [4.69, 9.17) is 23.6 Å². The van der Waals surface area contributed by atoms with Crippen LogP contribution in [-0.2, 0) is 61.3 Å². The lowest BCUT2D eigenvalue weighted by atomic mass is 10.0. The van der Waals surface area contributed by atoms with E-state index in [1.807, 2.05) is 0 Å². The Balaban J connectivity index is 4.63. The van der Waals surface area contributed by atoms with Crippen LogP contribution in [0.3, 0.4) is 0 Å². The van der Waals surface area contributed by atoms with Gasteiger partial charge in [-0.05, 0) is 25.7 Å². The van der Waals surface area contributed by atoms with Crippen molar-refractivity contribution in [2.45, 2.75) is 270 Å². The second-order valence-corrected chi connectivity index (χ2v) is 20.0. The topological polar surface area (TPSA) is 248 Å². The summed E-state index contributed by atoms with van der Waals surface area (Å²) in [7, 11) is -4.70. The van der Waals surface area contributed by atoms with Crippen molar-refractivity contribution in [3.63, 3.8) is 0 Å². The predicted molar refractivity (Wildman–Crippen MR) is 268 cm³/mol. The quantitative estimate of drug-likeness (QED) is 0.0145. The molecule has 18 heteroatoms. The normalized spacial score (nSPS) is 13.0. The van der Waals surface area contributed by atoms with Gasteiger partial charge in [-0.3, -0.25) is 37.8 Å². The molecule has 0 aromatic rings. The molecule has 0 rings (SSSR count). The highest BCUT2D eigenvalue weighted by Crippen LogP contribution is 2.43. The molecule has 3 atom stereocenters. The zero-order chi connectivity index (χ0) is 51.8. The standard InChI is InChI=1S/C52H96NO16P/c1-3-5-7-9-11-13-15-17-19-21-23-25-27-29-31-37-48(57)64-43-45(67-49(58)38-32-30-28-26-24-22-20-18-16-14-12-10-8-6-4-2)44-66-70(62,63)65-42-41-53-46(54)35-33-39-50(59)68-52(61)69-51(60)40-34-36-47(55)56/h45,52,61H,3-44H2,1-2H3,(H,53,54)(H,55,56)(H,62,63). The molecule has 0 fully saturated rings. The smallest absolute Gasteiger partial charge is 0.472 e. The van der Waals surface area contributed by atoms with Gasteiger partial charge in [-0.15, -0.1) is 0 Å². The summed E-state index contributed by atoms with van der Waals surface area (Å²) in [5, 5.41) is 20.6. The van der Waals surface area contributed by atoms with Crippen molar-refractivity contribution in [1.29, 1.82) is 0 Å². The first kappa shape index (κ1) is 66.9. The molecule has 4 N–H and O–H groups in total. The third kappa shape index (κ3) is 48.5. The number of phosphoric ester groups is 1. The number of aliphatic carboxylic acids is 1. The largest absolute Gasteiger partial charge is 0.481 e. The fourth-order valence-corrected chi connectivity index (χ4v) is 8.45. The summed E-state index contributed by atoms with van der Waals surface area (Å²) < 4.78 is 42.7. The molecule has 70 heavy (non-hydrogen) atoms. The van der Waals surface area contributed by atoms with E-state index in [1.54, 1.807) is 0 Å². The molecule has 0 aliphatic rings. The molecule has 0 radical (unpaired) electrons. The number of ether oxygens (including phenoxy) is 4. The lowest BCUT2D eigenvalue weighted by Gasteiger charge is -2.20. The first-order valence-corrected chi connectivity index (χ1v) is 28.8. The number of unbranched alkanes of at least 4 members (excludes halogenated alkanes) is 28. The molecule has 0 spiro atoms. The minimum absolute atomic E-state index is 0.00396. The van der Waals surface area contributed by atoms with Crippen molar-refractivity contribution in [1.82, 2.24) is 5.32 Å². The van der Waals surface area contributed by atoms with Crippen molar-refractivity contribution < 1.29 is 76.4 Å². The van der Waals surface area contributed by atoms with E-state index in [-0.39, 0.29) is 64.5 Å². The van der Waals surface area contributed by atoms with Crippen LogP contribution in [-0.4, -0.2) is 89.8 Å². The Bertz CT molecular complexity index is 1380. The molecular weight excluding hydrogens is 926 g/mol. The van der Waals surface area contributed by atoms with Crippen molar-refractivity contribution >= 4 is 43.6 Å². The van der Waals surface area contributed by atoms with Crippen molar-refractivity contribution in [3.05, 3.63) is 0 Å². The van der Waals surface area contributed by atoms with Gasteiger partial charge in [-0.25, -0.2) is 4.57 Å². The van der Waals surface area contributed by atoms with Crippen molar-refractivity contribution in [3.8, 4) is 0 Å². The monoisotopic (exact) mass is 1020 g/mol. The highest BCUT2D eigenvalue weighted by molar-refractivity contribution is 7.47. The number of aliphatic hydroxyl groups excluding tert-OH is 1. The maximum Gasteiger partial charge on any atom is 0.472 e. The van der Waals surface area contributed by atoms with Crippen LogP contribution in [0, 0.1) is 0 Å². The molecule has 0 heterocycles. The molecule has 1 amide bonds. The van der Waals surface area contributed by atoms with E-state index >= 15 is 0 Å². The zero-order valence-electron chi connectivity index (χ0n) is 43.4. The molecule has 0 aliphatic heterocycles. The second kappa shape index (κ2) is 48.2. The molecule has 0 bridgehead atoms. The average Bonchev–Trinajstić information content (AvgIpc) is 3.31. The van der Waals surface area contributed by atoms with Crippen LogP contribution in [0.25, 0.3) is 0 Å². The summed E-state index contributed by atoms with van der Waals surface area (Å²) >= 11 is 0. The third-order valence-electron chi connectivity index (χ3n) is 11.8. The lowest BCUT2D eigenvalue weighted by molar-refractivity contribution is -0.246. The zero-order valence-corrected chi connectivity index (χ0v) is 44.3. The predicted octanol–water partition coefficient (Wildman–Crippen LogP) is 12.0. The van der Waals surface area contributed by atoms with Crippen molar-refractivity contribution in [2.24, 2.45) is 0 Å². The number of phosphoric acid groups is 1. The van der Waals surface area contributed by atoms with E-state index in [0.717, 1.165) is 38.5 Å². The molecular formula is C52H96NO16P. The van der Waals surface area contributed by atoms with Crippen LogP contribution < -0.4 is 5.32 Å². The Hall–Kier alpha value is -3.11. The summed E-state index contributed by atoms with van der Waals surface area (Å²) in [6.07, 6.45) is 34.1. The molecule has 0 aliphatic carbocycles. The number of hydrogen-bond acceptors (Lipinski definition) is 14. The number of hydrogen-bond donors (Lipinski definition) is 4. The highest BCUT2D eigenvalue weighted by atomic mass is 31.2. The van der Waals surface area contributed by atoms with Crippen LogP contribution in [0.5, 0.6) is 0 Å². The lowest BCUT2D eigenvalue weighted by Crippen LogP contribution is -2.30. The summed E-state index contributed by atoms with van der Waals surface area (Å²) in [5.41, 5.74) is 0. The third-order valence-corrected chi connectivity index (χ3v) is 12.8. The summed E-state index contributed by atoms with van der Waals surface area (Å²) in [6, 6.07) is 0. The second-order valence-electron chi connectivity index (χ2n) is 18.5. The first-order valence-electron chi connectivity index (χ1n) is 27.3. The van der Waals surface area contributed by atoms with Gasteiger partial charge in [0.1, 0.15) is 6.61 Å². The van der Waals surface area contributed by atoms with Crippen LogP contribution in [0.15, 0.2) is 0 Å². The summed E-state index contributed by atoms with van der Waals surface area (Å²) in [6.45, 7) is 0.748. The Morgan fingerprint density at radius 3 is 1.21 bits per heavy atom. The number of carbonyl (C=O) groups excluding carboxylic acids is 5. The molecule has 0 saturated carbocycles. The van der Waals surface area contributed by atoms with Crippen LogP contribution in [0.4, 0.5) is 0 Å². The van der Waals surface area contributed by atoms with Gasteiger partial charge in [0.2, 0.25) is 5.91 Å². The van der Waals surface area contributed by atoms with Crippen LogP contribution in [0.2, 0.25) is 0 Å². The Kier molecular flexibility index (Phi) is 46.0. The van der Waals surface area contributed by atoms with Crippen molar-refractivity contribution in [2.75, 3.05) is 26.4 Å². The number of esters is 4. The maximum absolute atomic E-state index is 12.8. The van der Waals surface area contributed by atoms with E-state index in [1.165, 1.54) is 141 Å². The number of carbonyl (C=O) groups is 6. The van der Waals surface area contributed by atoms with Gasteiger partial charge in [-0.1, -0.05) is 194 Å². The van der Waals surface area contributed by atoms with E-state index in [9.17, 15) is 43.3 Å². The van der Waals surface area contributed by atoms with E-state index in [2.05, 4.69) is 28.6 Å². The average molecular weight is 1020 g/mol. The SMILES string of the molecule is CCCCCCCCCCCCCCCCCC(=O)OCC(COP(=O)(O)OCCNC(=O)CCCC(=O)OC(O)OC(=O)CCCC(=O)O)OC(=O)CCCCCCCCCCCCCCCCC. The number of carboxylic acids is 1. The van der Waals surface area contributed by atoms with E-state index < -0.39 is 69.4 Å². The number of nitrogens with one attached hydrogen (secondary N) is 1. The molecule has 17 nitrogen and oxygen atoms in total. The number of carboxylic acid groups (broad SMARTS) is 1. The molecule has 3 unspecified atom stereocenters. The van der Waals surface area contributed by atoms with Gasteiger partial charge in [0.25, 0.3) is 0 Å². The fraction of sp³-hybridized carbons (Fsp3) is 0.885. The number of aliphatic hydroxyl groups is 1. The van der Waals surface area contributed by atoms with Gasteiger partial charge >= 0.3 is 44.1 Å². The van der Waals surface area contributed by atoms with Gasteiger partial charge in [-0.2, -0.15) is 0 Å². The summed E-state index contributed by atoms with van der Waals surface area (Å²) in [5.74, 6) is -4.52.